The van der Waals surface area contributed by atoms with Crippen molar-refractivity contribution >= 4 is 5.91 Å². The fourth-order valence-electron chi connectivity index (χ4n) is 2.62. The summed E-state index contributed by atoms with van der Waals surface area (Å²) < 4.78 is 0. The number of rotatable bonds is 1. The van der Waals surface area contributed by atoms with Gasteiger partial charge in [0.25, 0.3) is 0 Å². The first kappa shape index (κ1) is 8.09. The van der Waals surface area contributed by atoms with Crippen LogP contribution in [0.4, 0.5) is 0 Å². The van der Waals surface area contributed by atoms with Crippen molar-refractivity contribution in [3.63, 3.8) is 0 Å². The van der Waals surface area contributed by atoms with Crippen LogP contribution in [-0.2, 0) is 4.79 Å². The van der Waals surface area contributed by atoms with Crippen LogP contribution in [-0.4, -0.2) is 11.9 Å². The third-order valence-electron chi connectivity index (χ3n) is 3.28. The van der Waals surface area contributed by atoms with Gasteiger partial charge >= 0.3 is 0 Å². The normalized spacial score (nSPS) is 39.6. The van der Waals surface area contributed by atoms with E-state index < -0.39 is 0 Å². The van der Waals surface area contributed by atoms with Gasteiger partial charge in [-0.25, -0.2) is 0 Å². The van der Waals surface area contributed by atoms with Gasteiger partial charge in [0.2, 0.25) is 5.91 Å². The molecule has 0 spiro atoms. The minimum Gasteiger partial charge on any atom is -0.353 e. The molecule has 3 atom stereocenters. The first-order valence-corrected chi connectivity index (χ1v) is 5.06. The minimum absolute atomic E-state index is 0.146. The highest BCUT2D eigenvalue weighted by molar-refractivity contribution is 5.73. The molecular formula is C10H17NO. The molecule has 0 aromatic carbocycles. The third-order valence-corrected chi connectivity index (χ3v) is 3.28. The van der Waals surface area contributed by atoms with Gasteiger partial charge in [0.05, 0.1) is 0 Å². The summed E-state index contributed by atoms with van der Waals surface area (Å²) in [6, 6.07) is 0.544. The first-order chi connectivity index (χ1) is 5.79. The molecule has 1 amide bonds. The second kappa shape index (κ2) is 3.08. The SMILES string of the molecule is CC(=O)N[C@H]1[C@@H]2CCCCC[C@@H]21. The Morgan fingerprint density at radius 3 is 2.25 bits per heavy atom. The van der Waals surface area contributed by atoms with E-state index in [1.165, 1.54) is 32.1 Å². The van der Waals surface area contributed by atoms with Crippen molar-refractivity contribution in [2.75, 3.05) is 0 Å². The highest BCUT2D eigenvalue weighted by atomic mass is 16.1. The quantitative estimate of drug-likeness (QED) is 0.632. The van der Waals surface area contributed by atoms with Gasteiger partial charge in [-0.2, -0.15) is 0 Å². The van der Waals surface area contributed by atoms with E-state index in [9.17, 15) is 4.79 Å². The summed E-state index contributed by atoms with van der Waals surface area (Å²) in [5.41, 5.74) is 0. The van der Waals surface area contributed by atoms with E-state index in [0.29, 0.717) is 6.04 Å². The van der Waals surface area contributed by atoms with Gasteiger partial charge in [0.1, 0.15) is 0 Å². The van der Waals surface area contributed by atoms with Gasteiger partial charge in [0, 0.05) is 13.0 Å². The van der Waals surface area contributed by atoms with Gasteiger partial charge < -0.3 is 5.32 Å². The summed E-state index contributed by atoms with van der Waals surface area (Å²) in [5.74, 6) is 1.81. The van der Waals surface area contributed by atoms with E-state index >= 15 is 0 Å². The van der Waals surface area contributed by atoms with Gasteiger partial charge in [-0.05, 0) is 24.7 Å². The molecule has 2 aliphatic carbocycles. The topological polar surface area (TPSA) is 29.1 Å². The molecule has 68 valence electrons. The van der Waals surface area contributed by atoms with Crippen molar-refractivity contribution < 1.29 is 4.79 Å². The highest BCUT2D eigenvalue weighted by Gasteiger charge is 2.49. The molecule has 0 radical (unpaired) electrons. The largest absolute Gasteiger partial charge is 0.353 e. The smallest absolute Gasteiger partial charge is 0.217 e. The van der Waals surface area contributed by atoms with E-state index in [2.05, 4.69) is 5.32 Å². The maximum atomic E-state index is 10.8. The van der Waals surface area contributed by atoms with Crippen molar-refractivity contribution in [1.29, 1.82) is 0 Å². The lowest BCUT2D eigenvalue weighted by atomic mass is 10.1. The molecule has 0 unspecified atom stereocenters. The monoisotopic (exact) mass is 167 g/mol. The Morgan fingerprint density at radius 2 is 1.75 bits per heavy atom. The van der Waals surface area contributed by atoms with Crippen LogP contribution in [0.3, 0.4) is 0 Å². The lowest BCUT2D eigenvalue weighted by molar-refractivity contribution is -0.119. The van der Waals surface area contributed by atoms with E-state index in [1.54, 1.807) is 6.92 Å². The van der Waals surface area contributed by atoms with E-state index in [1.807, 2.05) is 0 Å². The Kier molecular flexibility index (Phi) is 2.07. The van der Waals surface area contributed by atoms with Crippen molar-refractivity contribution in [3.05, 3.63) is 0 Å². The average molecular weight is 167 g/mol. The standard InChI is InChI=1S/C10H17NO/c1-7(12)11-10-8-5-3-2-4-6-9(8)10/h8-10H,2-6H2,1H3,(H,11,12)/t8-,9+,10+. The van der Waals surface area contributed by atoms with E-state index in [4.69, 9.17) is 0 Å². The Balaban J connectivity index is 1.85. The molecule has 0 aromatic rings. The number of nitrogens with one attached hydrogen (secondary N) is 1. The fourth-order valence-corrected chi connectivity index (χ4v) is 2.62. The first-order valence-electron chi connectivity index (χ1n) is 5.06. The maximum absolute atomic E-state index is 10.8. The van der Waals surface area contributed by atoms with Gasteiger partial charge in [-0.15, -0.1) is 0 Å². The molecule has 2 saturated carbocycles. The predicted molar refractivity (Wildman–Crippen MR) is 47.7 cm³/mol. The molecule has 0 aliphatic heterocycles. The second-order valence-corrected chi connectivity index (χ2v) is 4.19. The van der Waals surface area contributed by atoms with Gasteiger partial charge in [-0.3, -0.25) is 4.79 Å². The molecule has 0 heterocycles. The zero-order valence-electron chi connectivity index (χ0n) is 7.68. The lowest BCUT2D eigenvalue weighted by Gasteiger charge is -2.02. The molecule has 2 rings (SSSR count). The summed E-state index contributed by atoms with van der Waals surface area (Å²) in [6.45, 7) is 1.62. The predicted octanol–water partition coefficient (Wildman–Crippen LogP) is 1.70. The van der Waals surface area contributed by atoms with Crippen LogP contribution < -0.4 is 5.32 Å². The number of carbonyl (C=O) groups is 1. The van der Waals surface area contributed by atoms with Crippen LogP contribution in [0.2, 0.25) is 0 Å². The van der Waals surface area contributed by atoms with Crippen molar-refractivity contribution in [1.82, 2.24) is 5.32 Å². The summed E-state index contributed by atoms with van der Waals surface area (Å²) in [6.07, 6.45) is 6.83. The number of fused-ring (bicyclic) bond motifs is 1. The molecule has 0 bridgehead atoms. The zero-order chi connectivity index (χ0) is 8.55. The molecule has 0 aromatic heterocycles. The number of hydrogen-bond acceptors (Lipinski definition) is 1. The molecule has 2 nitrogen and oxygen atoms in total. The molecule has 2 aliphatic rings. The van der Waals surface area contributed by atoms with E-state index in [-0.39, 0.29) is 5.91 Å². The van der Waals surface area contributed by atoms with Crippen molar-refractivity contribution in [2.24, 2.45) is 11.8 Å². The van der Waals surface area contributed by atoms with Crippen LogP contribution >= 0.6 is 0 Å². The summed E-state index contributed by atoms with van der Waals surface area (Å²) in [4.78, 5) is 10.8. The van der Waals surface area contributed by atoms with Crippen LogP contribution in [0, 0.1) is 11.8 Å². The summed E-state index contributed by atoms with van der Waals surface area (Å²) in [5, 5.41) is 3.05. The Bertz CT molecular complexity index is 178. The summed E-state index contributed by atoms with van der Waals surface area (Å²) in [7, 11) is 0. The molecular weight excluding hydrogens is 150 g/mol. The van der Waals surface area contributed by atoms with Crippen LogP contribution in [0.5, 0.6) is 0 Å². The number of hydrogen-bond donors (Lipinski definition) is 1. The Labute approximate surface area is 73.7 Å². The van der Waals surface area contributed by atoms with Crippen LogP contribution in [0.1, 0.15) is 39.0 Å². The van der Waals surface area contributed by atoms with E-state index in [0.717, 1.165) is 11.8 Å². The van der Waals surface area contributed by atoms with Gasteiger partial charge in [-0.1, -0.05) is 19.3 Å². The Hall–Kier alpha value is -0.530. The molecule has 12 heavy (non-hydrogen) atoms. The molecule has 0 saturated heterocycles. The second-order valence-electron chi connectivity index (χ2n) is 4.19. The Morgan fingerprint density at radius 1 is 1.17 bits per heavy atom. The average Bonchev–Trinajstić information content (AvgIpc) is 2.66. The third kappa shape index (κ3) is 1.47. The number of carbonyl (C=O) groups excluding carboxylic acids is 1. The molecule has 2 heteroatoms. The van der Waals surface area contributed by atoms with Crippen LogP contribution in [0.15, 0.2) is 0 Å². The van der Waals surface area contributed by atoms with Crippen LogP contribution in [0.25, 0.3) is 0 Å². The molecule has 1 N–H and O–H groups in total. The minimum atomic E-state index is 0.146. The fraction of sp³-hybridized carbons (Fsp3) is 0.900. The summed E-state index contributed by atoms with van der Waals surface area (Å²) >= 11 is 0. The van der Waals surface area contributed by atoms with Crippen molar-refractivity contribution in [2.45, 2.75) is 45.1 Å². The lowest BCUT2D eigenvalue weighted by Crippen LogP contribution is -2.25. The van der Waals surface area contributed by atoms with Crippen molar-refractivity contribution in [3.8, 4) is 0 Å². The zero-order valence-corrected chi connectivity index (χ0v) is 7.68. The molecule has 2 fully saturated rings. The maximum Gasteiger partial charge on any atom is 0.217 e. The number of amides is 1. The van der Waals surface area contributed by atoms with Gasteiger partial charge in [0.15, 0.2) is 0 Å². The highest BCUT2D eigenvalue weighted by Crippen LogP contribution is 2.48.